The Labute approximate surface area is 198 Å². The van der Waals surface area contributed by atoms with E-state index in [1.54, 1.807) is 0 Å². The van der Waals surface area contributed by atoms with Gasteiger partial charge < -0.3 is 9.67 Å². The maximum absolute atomic E-state index is 11.3. The summed E-state index contributed by atoms with van der Waals surface area (Å²) in [5, 5.41) is 18.6. The van der Waals surface area contributed by atoms with Crippen molar-refractivity contribution in [3.05, 3.63) is 115 Å². The highest BCUT2D eigenvalue weighted by Gasteiger charge is 2.17. The predicted octanol–water partition coefficient (Wildman–Crippen LogP) is 6.39. The molecule has 4 heteroatoms. The second-order valence-corrected chi connectivity index (χ2v) is 8.63. The maximum atomic E-state index is 11.3. The minimum Gasteiger partial charge on any atom is -0.389 e. The SMILES string of the molecule is O[C@@H](Cn1nc(-c2ccccc2)cc1-c1ccccc1)Cn1c2ccccc2c2ccccc21. The zero-order chi connectivity index (χ0) is 22.9. The first kappa shape index (κ1) is 20.5. The number of aliphatic hydroxyl groups is 1. The Morgan fingerprint density at radius 2 is 1.15 bits per heavy atom. The lowest BCUT2D eigenvalue weighted by atomic mass is 10.1. The van der Waals surface area contributed by atoms with Crippen molar-refractivity contribution in [2.75, 3.05) is 0 Å². The van der Waals surface area contributed by atoms with Gasteiger partial charge in [0.05, 0.1) is 30.6 Å². The molecule has 4 aromatic carbocycles. The first-order chi connectivity index (χ1) is 16.8. The number of benzene rings is 4. The van der Waals surface area contributed by atoms with Gasteiger partial charge in [0.25, 0.3) is 0 Å². The fraction of sp³-hybridized carbons (Fsp3) is 0.100. The lowest BCUT2D eigenvalue weighted by Crippen LogP contribution is -2.23. The van der Waals surface area contributed by atoms with Crippen LogP contribution in [-0.4, -0.2) is 25.6 Å². The molecule has 0 fully saturated rings. The molecule has 0 unspecified atom stereocenters. The molecule has 0 saturated carbocycles. The standard InChI is InChI=1S/C30H25N3O/c34-24(20-32-28-17-9-7-15-25(28)26-16-8-10-18-29(26)32)21-33-30(23-13-5-2-6-14-23)19-27(31-33)22-11-3-1-4-12-22/h1-19,24,34H,20-21H2/t24-/m1/s1. The molecule has 0 aliphatic carbocycles. The molecular formula is C30H25N3O. The molecule has 4 nitrogen and oxygen atoms in total. The van der Waals surface area contributed by atoms with Crippen LogP contribution in [0.5, 0.6) is 0 Å². The molecule has 34 heavy (non-hydrogen) atoms. The third-order valence-electron chi connectivity index (χ3n) is 6.38. The van der Waals surface area contributed by atoms with Gasteiger partial charge in [0.15, 0.2) is 0 Å². The van der Waals surface area contributed by atoms with Crippen LogP contribution in [0.3, 0.4) is 0 Å². The van der Waals surface area contributed by atoms with Crippen LogP contribution in [0.25, 0.3) is 44.3 Å². The van der Waals surface area contributed by atoms with Crippen LogP contribution in [0.2, 0.25) is 0 Å². The lowest BCUT2D eigenvalue weighted by Gasteiger charge is -2.16. The second kappa shape index (κ2) is 8.65. The Kier molecular flexibility index (Phi) is 5.21. The molecule has 0 aliphatic rings. The molecule has 166 valence electrons. The van der Waals surface area contributed by atoms with Crippen molar-refractivity contribution in [2.45, 2.75) is 19.2 Å². The predicted molar refractivity (Wildman–Crippen MR) is 139 cm³/mol. The average Bonchev–Trinajstić information content (AvgIpc) is 3.45. The van der Waals surface area contributed by atoms with E-state index in [-0.39, 0.29) is 0 Å². The fourth-order valence-corrected chi connectivity index (χ4v) is 4.82. The molecule has 0 spiro atoms. The third-order valence-corrected chi connectivity index (χ3v) is 6.38. The summed E-state index contributed by atoms with van der Waals surface area (Å²) in [5.74, 6) is 0. The summed E-state index contributed by atoms with van der Waals surface area (Å²) in [5.41, 5.74) is 6.33. The van der Waals surface area contributed by atoms with Crippen molar-refractivity contribution in [1.82, 2.24) is 14.3 Å². The first-order valence-corrected chi connectivity index (χ1v) is 11.6. The molecule has 2 aromatic heterocycles. The fourth-order valence-electron chi connectivity index (χ4n) is 4.82. The van der Waals surface area contributed by atoms with Crippen LogP contribution in [-0.2, 0) is 13.1 Å². The Morgan fingerprint density at radius 3 is 1.76 bits per heavy atom. The average molecular weight is 444 g/mol. The molecule has 0 radical (unpaired) electrons. The summed E-state index contributed by atoms with van der Waals surface area (Å²) < 4.78 is 4.16. The van der Waals surface area contributed by atoms with Crippen LogP contribution in [0.1, 0.15) is 0 Å². The monoisotopic (exact) mass is 443 g/mol. The van der Waals surface area contributed by atoms with E-state index < -0.39 is 6.10 Å². The van der Waals surface area contributed by atoms with Gasteiger partial charge in [0.1, 0.15) is 0 Å². The van der Waals surface area contributed by atoms with E-state index in [1.165, 1.54) is 10.8 Å². The summed E-state index contributed by atoms with van der Waals surface area (Å²) in [6.45, 7) is 0.890. The normalized spacial score (nSPS) is 12.4. The molecule has 6 aromatic rings. The number of nitrogens with zero attached hydrogens (tertiary/aromatic N) is 3. The molecule has 0 saturated heterocycles. The van der Waals surface area contributed by atoms with E-state index in [2.05, 4.69) is 83.4 Å². The zero-order valence-electron chi connectivity index (χ0n) is 18.8. The highest BCUT2D eigenvalue weighted by molar-refractivity contribution is 6.07. The molecule has 0 aliphatic heterocycles. The van der Waals surface area contributed by atoms with Gasteiger partial charge in [-0.25, -0.2) is 0 Å². The number of para-hydroxylation sites is 2. The summed E-state index contributed by atoms with van der Waals surface area (Å²) in [6.07, 6.45) is -0.606. The Balaban J connectivity index is 1.37. The van der Waals surface area contributed by atoms with Gasteiger partial charge in [-0.05, 0) is 23.8 Å². The van der Waals surface area contributed by atoms with Crippen LogP contribution in [0.15, 0.2) is 115 Å². The third kappa shape index (κ3) is 3.68. The van der Waals surface area contributed by atoms with E-state index in [4.69, 9.17) is 5.10 Å². The van der Waals surface area contributed by atoms with Crippen molar-refractivity contribution in [3.63, 3.8) is 0 Å². The Bertz CT molecular complexity index is 1510. The highest BCUT2D eigenvalue weighted by Crippen LogP contribution is 2.30. The molecule has 1 atom stereocenters. The number of aliphatic hydroxyl groups excluding tert-OH is 1. The minimum atomic E-state index is -0.606. The van der Waals surface area contributed by atoms with E-state index >= 15 is 0 Å². The van der Waals surface area contributed by atoms with Gasteiger partial charge in [0.2, 0.25) is 0 Å². The van der Waals surface area contributed by atoms with E-state index in [0.717, 1.165) is 33.5 Å². The lowest BCUT2D eigenvalue weighted by molar-refractivity contribution is 0.133. The number of aromatic nitrogens is 3. The van der Waals surface area contributed by atoms with Gasteiger partial charge >= 0.3 is 0 Å². The van der Waals surface area contributed by atoms with Crippen molar-refractivity contribution in [1.29, 1.82) is 0 Å². The molecule has 0 bridgehead atoms. The van der Waals surface area contributed by atoms with Gasteiger partial charge in [0, 0.05) is 27.4 Å². The second-order valence-electron chi connectivity index (χ2n) is 8.63. The maximum Gasteiger partial charge on any atom is 0.0929 e. The van der Waals surface area contributed by atoms with Crippen LogP contribution in [0.4, 0.5) is 0 Å². The van der Waals surface area contributed by atoms with Gasteiger partial charge in [-0.2, -0.15) is 5.10 Å². The summed E-state index contributed by atoms with van der Waals surface area (Å²) in [4.78, 5) is 0. The smallest absolute Gasteiger partial charge is 0.0929 e. The molecular weight excluding hydrogens is 418 g/mol. The zero-order valence-corrected chi connectivity index (χ0v) is 18.8. The largest absolute Gasteiger partial charge is 0.389 e. The molecule has 6 rings (SSSR count). The summed E-state index contributed by atoms with van der Waals surface area (Å²) in [6, 6.07) is 39.3. The number of hydrogen-bond donors (Lipinski definition) is 1. The summed E-state index contributed by atoms with van der Waals surface area (Å²) in [7, 11) is 0. The van der Waals surface area contributed by atoms with Crippen molar-refractivity contribution >= 4 is 21.8 Å². The Morgan fingerprint density at radius 1 is 0.618 bits per heavy atom. The van der Waals surface area contributed by atoms with E-state index in [0.29, 0.717) is 13.1 Å². The minimum absolute atomic E-state index is 0.401. The van der Waals surface area contributed by atoms with E-state index in [1.807, 2.05) is 41.1 Å². The van der Waals surface area contributed by atoms with Crippen molar-refractivity contribution < 1.29 is 5.11 Å². The molecule has 0 amide bonds. The van der Waals surface area contributed by atoms with Gasteiger partial charge in [-0.1, -0.05) is 97.1 Å². The molecule has 2 heterocycles. The van der Waals surface area contributed by atoms with Crippen LogP contribution in [0, 0.1) is 0 Å². The van der Waals surface area contributed by atoms with Gasteiger partial charge in [-0.3, -0.25) is 4.68 Å². The van der Waals surface area contributed by atoms with E-state index in [9.17, 15) is 5.11 Å². The van der Waals surface area contributed by atoms with Crippen LogP contribution < -0.4 is 0 Å². The Hall–Kier alpha value is -4.15. The number of rotatable bonds is 6. The van der Waals surface area contributed by atoms with Crippen molar-refractivity contribution in [2.24, 2.45) is 0 Å². The molecule has 1 N–H and O–H groups in total. The topological polar surface area (TPSA) is 43.0 Å². The van der Waals surface area contributed by atoms with Gasteiger partial charge in [-0.15, -0.1) is 0 Å². The number of hydrogen-bond acceptors (Lipinski definition) is 2. The van der Waals surface area contributed by atoms with Crippen LogP contribution >= 0.6 is 0 Å². The number of fused-ring (bicyclic) bond motifs is 3. The first-order valence-electron chi connectivity index (χ1n) is 11.6. The quantitative estimate of drug-likeness (QED) is 0.324. The van der Waals surface area contributed by atoms with Crippen molar-refractivity contribution in [3.8, 4) is 22.5 Å². The highest BCUT2D eigenvalue weighted by atomic mass is 16.3. The summed E-state index contributed by atoms with van der Waals surface area (Å²) >= 11 is 0.